The molecule has 5 heteroatoms. The summed E-state index contributed by atoms with van der Waals surface area (Å²) in [6.07, 6.45) is 4.93. The van der Waals surface area contributed by atoms with Crippen molar-refractivity contribution in [3.63, 3.8) is 0 Å². The summed E-state index contributed by atoms with van der Waals surface area (Å²) in [5.74, 6) is 0.455. The Morgan fingerprint density at radius 2 is 1.86 bits per heavy atom. The Morgan fingerprint density at radius 3 is 2.62 bits per heavy atom. The van der Waals surface area contributed by atoms with Gasteiger partial charge in [-0.2, -0.15) is 0 Å². The topological polar surface area (TPSA) is 38.2 Å². The van der Waals surface area contributed by atoms with Crippen molar-refractivity contribution in [3.8, 4) is 0 Å². The molecule has 4 nitrogen and oxygen atoms in total. The maximum Gasteiger partial charge on any atom is 0.183 e. The Kier molecular flexibility index (Phi) is 4.21. The monoisotopic (exact) mass is 285 g/mol. The maximum atomic E-state index is 13.9. The highest BCUT2D eigenvalue weighted by molar-refractivity contribution is 5.67. The van der Waals surface area contributed by atoms with Crippen molar-refractivity contribution in [2.45, 2.75) is 0 Å². The van der Waals surface area contributed by atoms with Gasteiger partial charge >= 0.3 is 0 Å². The summed E-state index contributed by atoms with van der Waals surface area (Å²) in [6, 6.07) is 9.86. The molecule has 1 aliphatic heterocycles. The fourth-order valence-corrected chi connectivity index (χ4v) is 2.18. The van der Waals surface area contributed by atoms with Gasteiger partial charge in [-0.25, -0.2) is 14.4 Å². The molecular weight excluding hydrogens is 269 g/mol. The van der Waals surface area contributed by atoms with Gasteiger partial charge in [0.05, 0.1) is 19.4 Å². The minimum Gasteiger partial charge on any atom is -0.378 e. The minimum atomic E-state index is -0.395. The number of anilines is 1. The molecule has 1 aromatic heterocycles. The lowest BCUT2D eigenvalue weighted by Crippen LogP contribution is -2.37. The lowest BCUT2D eigenvalue weighted by Gasteiger charge is -2.27. The highest BCUT2D eigenvalue weighted by atomic mass is 19.1. The van der Waals surface area contributed by atoms with Crippen LogP contribution in [0.15, 0.2) is 36.5 Å². The number of hydrogen-bond acceptors (Lipinski definition) is 4. The number of halogens is 1. The van der Waals surface area contributed by atoms with Gasteiger partial charge in [0.15, 0.2) is 17.5 Å². The first kappa shape index (κ1) is 13.7. The Bertz CT molecular complexity index is 625. The van der Waals surface area contributed by atoms with Gasteiger partial charge in [-0.05, 0) is 11.6 Å². The smallest absolute Gasteiger partial charge is 0.183 e. The maximum absolute atomic E-state index is 13.9. The number of nitrogens with zero attached hydrogens (tertiary/aromatic N) is 3. The summed E-state index contributed by atoms with van der Waals surface area (Å²) in [4.78, 5) is 10.2. The standard InChI is InChI=1S/C16H16FN3O/c17-14-12-18-15(7-6-13-4-2-1-3-5-13)19-16(14)20-8-10-21-11-9-20/h1-7,12H,8-11H2. The molecule has 1 aromatic carbocycles. The average Bonchev–Trinajstić information content (AvgIpc) is 2.56. The van der Waals surface area contributed by atoms with Gasteiger partial charge < -0.3 is 9.64 Å². The summed E-state index contributed by atoms with van der Waals surface area (Å²) in [7, 11) is 0. The molecule has 0 saturated carbocycles. The van der Waals surface area contributed by atoms with Crippen molar-refractivity contribution in [2.24, 2.45) is 0 Å². The normalized spacial score (nSPS) is 15.6. The minimum absolute atomic E-state index is 0.348. The molecule has 21 heavy (non-hydrogen) atoms. The van der Waals surface area contributed by atoms with E-state index in [0.717, 1.165) is 5.56 Å². The number of benzene rings is 1. The first-order valence-corrected chi connectivity index (χ1v) is 6.91. The third kappa shape index (κ3) is 3.44. The molecule has 1 saturated heterocycles. The van der Waals surface area contributed by atoms with Crippen LogP contribution < -0.4 is 4.90 Å². The van der Waals surface area contributed by atoms with E-state index in [-0.39, 0.29) is 0 Å². The number of hydrogen-bond donors (Lipinski definition) is 0. The zero-order chi connectivity index (χ0) is 14.5. The largest absolute Gasteiger partial charge is 0.378 e. The second-order valence-corrected chi connectivity index (χ2v) is 4.74. The van der Waals surface area contributed by atoms with Crippen LogP contribution in [0.2, 0.25) is 0 Å². The lowest BCUT2D eigenvalue weighted by atomic mass is 10.2. The van der Waals surface area contributed by atoms with Crippen LogP contribution in [0.4, 0.5) is 10.2 Å². The molecule has 2 aromatic rings. The SMILES string of the molecule is Fc1cnc(C=Cc2ccccc2)nc1N1CCOCC1. The van der Waals surface area contributed by atoms with E-state index >= 15 is 0 Å². The molecule has 0 radical (unpaired) electrons. The second-order valence-electron chi connectivity index (χ2n) is 4.74. The molecule has 2 heterocycles. The molecule has 0 spiro atoms. The summed E-state index contributed by atoms with van der Waals surface area (Å²) in [5, 5.41) is 0. The molecule has 0 amide bonds. The van der Waals surface area contributed by atoms with Crippen LogP contribution in [-0.2, 0) is 4.74 Å². The van der Waals surface area contributed by atoms with Crippen molar-refractivity contribution in [3.05, 3.63) is 53.7 Å². The predicted octanol–water partition coefficient (Wildman–Crippen LogP) is 2.62. The van der Waals surface area contributed by atoms with Gasteiger partial charge in [0.25, 0.3) is 0 Å². The predicted molar refractivity (Wildman–Crippen MR) is 80.4 cm³/mol. The van der Waals surface area contributed by atoms with Crippen molar-refractivity contribution in [1.29, 1.82) is 0 Å². The van der Waals surface area contributed by atoms with Crippen LogP contribution in [0.1, 0.15) is 11.4 Å². The van der Waals surface area contributed by atoms with E-state index in [1.807, 2.05) is 41.3 Å². The van der Waals surface area contributed by atoms with Gasteiger partial charge in [0.1, 0.15) is 0 Å². The Labute approximate surface area is 122 Å². The van der Waals surface area contributed by atoms with Crippen LogP contribution in [0, 0.1) is 5.82 Å². The van der Waals surface area contributed by atoms with Crippen LogP contribution in [0.25, 0.3) is 12.2 Å². The molecule has 0 atom stereocenters. The van der Waals surface area contributed by atoms with Gasteiger partial charge in [-0.3, -0.25) is 0 Å². The third-order valence-electron chi connectivity index (χ3n) is 3.28. The van der Waals surface area contributed by atoms with Crippen molar-refractivity contribution in [1.82, 2.24) is 9.97 Å². The fourth-order valence-electron chi connectivity index (χ4n) is 2.18. The van der Waals surface area contributed by atoms with Crippen molar-refractivity contribution >= 4 is 18.0 Å². The number of ether oxygens (including phenoxy) is 1. The van der Waals surface area contributed by atoms with E-state index in [9.17, 15) is 4.39 Å². The number of rotatable bonds is 3. The molecule has 0 unspecified atom stereocenters. The fraction of sp³-hybridized carbons (Fsp3) is 0.250. The first-order valence-electron chi connectivity index (χ1n) is 6.91. The highest BCUT2D eigenvalue weighted by Gasteiger charge is 2.17. The van der Waals surface area contributed by atoms with Gasteiger partial charge in [-0.1, -0.05) is 36.4 Å². The van der Waals surface area contributed by atoms with Gasteiger partial charge in [-0.15, -0.1) is 0 Å². The second kappa shape index (κ2) is 6.45. The van der Waals surface area contributed by atoms with E-state index in [1.165, 1.54) is 6.20 Å². The van der Waals surface area contributed by atoms with E-state index in [4.69, 9.17) is 4.74 Å². The molecule has 3 rings (SSSR count). The first-order chi connectivity index (χ1) is 10.3. The Morgan fingerprint density at radius 1 is 1.10 bits per heavy atom. The molecule has 0 bridgehead atoms. The molecule has 108 valence electrons. The summed E-state index contributed by atoms with van der Waals surface area (Å²) in [6.45, 7) is 2.49. The summed E-state index contributed by atoms with van der Waals surface area (Å²) >= 11 is 0. The summed E-state index contributed by atoms with van der Waals surface area (Å²) in [5.41, 5.74) is 1.05. The van der Waals surface area contributed by atoms with E-state index in [1.54, 1.807) is 6.08 Å². The van der Waals surface area contributed by atoms with E-state index in [2.05, 4.69) is 9.97 Å². The zero-order valence-corrected chi connectivity index (χ0v) is 11.6. The summed E-state index contributed by atoms with van der Waals surface area (Å²) < 4.78 is 19.2. The van der Waals surface area contributed by atoms with E-state index < -0.39 is 5.82 Å². The Balaban J connectivity index is 1.82. The van der Waals surface area contributed by atoms with E-state index in [0.29, 0.717) is 37.9 Å². The van der Waals surface area contributed by atoms with Gasteiger partial charge in [0, 0.05) is 13.1 Å². The van der Waals surface area contributed by atoms with Crippen molar-refractivity contribution < 1.29 is 9.13 Å². The van der Waals surface area contributed by atoms with Crippen molar-refractivity contribution in [2.75, 3.05) is 31.2 Å². The molecule has 0 N–H and O–H groups in total. The zero-order valence-electron chi connectivity index (χ0n) is 11.6. The molecular formula is C16H16FN3O. The van der Waals surface area contributed by atoms with Crippen LogP contribution >= 0.6 is 0 Å². The highest BCUT2D eigenvalue weighted by Crippen LogP contribution is 2.17. The van der Waals surface area contributed by atoms with Crippen LogP contribution in [0.3, 0.4) is 0 Å². The quantitative estimate of drug-likeness (QED) is 0.869. The van der Waals surface area contributed by atoms with Crippen LogP contribution in [0.5, 0.6) is 0 Å². The molecule has 1 aliphatic rings. The Hall–Kier alpha value is -2.27. The third-order valence-corrected chi connectivity index (χ3v) is 3.28. The number of aromatic nitrogens is 2. The average molecular weight is 285 g/mol. The van der Waals surface area contributed by atoms with Crippen LogP contribution in [-0.4, -0.2) is 36.3 Å². The lowest BCUT2D eigenvalue weighted by molar-refractivity contribution is 0.122. The van der Waals surface area contributed by atoms with Gasteiger partial charge in [0.2, 0.25) is 0 Å². The number of morpholine rings is 1. The molecule has 1 fully saturated rings. The molecule has 0 aliphatic carbocycles.